The highest BCUT2D eigenvalue weighted by Crippen LogP contribution is 2.22. The molecule has 0 unspecified atom stereocenters. The van der Waals surface area contributed by atoms with Crippen molar-refractivity contribution in [2.45, 2.75) is 18.6 Å². The first-order valence-corrected chi connectivity index (χ1v) is 7.46. The van der Waals surface area contributed by atoms with Gasteiger partial charge in [-0.25, -0.2) is 0 Å². The first-order valence-electron chi connectivity index (χ1n) is 6.58. The highest BCUT2D eigenvalue weighted by molar-refractivity contribution is 8.15. The van der Waals surface area contributed by atoms with Crippen LogP contribution in [0, 0.1) is 6.92 Å². The molecule has 0 saturated carbocycles. The minimum absolute atomic E-state index is 0.148. The van der Waals surface area contributed by atoms with Crippen molar-refractivity contribution in [3.05, 3.63) is 42.5 Å². The number of aryl methyl sites for hydroxylation is 1. The number of amides is 2. The molecule has 21 heavy (non-hydrogen) atoms. The lowest BCUT2D eigenvalue weighted by molar-refractivity contribution is -0.123. The number of nitrogens with zero attached hydrogens (tertiary/aromatic N) is 1. The van der Waals surface area contributed by atoms with Gasteiger partial charge in [-0.3, -0.25) is 14.6 Å². The van der Waals surface area contributed by atoms with Gasteiger partial charge in [0.2, 0.25) is 11.8 Å². The van der Waals surface area contributed by atoms with Gasteiger partial charge in [-0.05, 0) is 24.6 Å². The molecule has 0 spiro atoms. The van der Waals surface area contributed by atoms with Gasteiger partial charge in [0.25, 0.3) is 0 Å². The van der Waals surface area contributed by atoms with E-state index < -0.39 is 5.25 Å². The smallest absolute Gasteiger partial charge is 0.238 e. The number of hydrogen-bond acceptors (Lipinski definition) is 4. The second-order valence-electron chi connectivity index (χ2n) is 4.65. The molecule has 1 saturated heterocycles. The number of rotatable bonds is 4. The van der Waals surface area contributed by atoms with Gasteiger partial charge in [-0.15, -0.1) is 6.58 Å². The third kappa shape index (κ3) is 4.46. The number of nitrogens with one attached hydrogen (secondary N) is 2. The molecule has 1 heterocycles. The highest BCUT2D eigenvalue weighted by Gasteiger charge is 2.30. The summed E-state index contributed by atoms with van der Waals surface area (Å²) in [5, 5.41) is 5.49. The zero-order valence-corrected chi connectivity index (χ0v) is 12.6. The summed E-state index contributed by atoms with van der Waals surface area (Å²) in [4.78, 5) is 28.1. The second-order valence-corrected chi connectivity index (χ2v) is 5.84. The van der Waals surface area contributed by atoms with Crippen LogP contribution in [0.2, 0.25) is 0 Å². The first kappa shape index (κ1) is 15.3. The molecule has 2 amide bonds. The standard InChI is InChI=1S/C15H17N3O2S/c1-3-7-16-15-18-13(19)9-12(21-15)14(20)17-11-6-4-5-10(2)8-11/h3-6,8,12H,1,7,9H2,2H3,(H,17,20)(H,16,18,19)/t12-/m1/s1. The normalized spacial score (nSPS) is 20.0. The average Bonchev–Trinajstić information content (AvgIpc) is 2.44. The minimum atomic E-state index is -0.470. The first-order chi connectivity index (χ1) is 10.1. The van der Waals surface area contributed by atoms with Crippen molar-refractivity contribution in [2.24, 2.45) is 4.99 Å². The summed E-state index contributed by atoms with van der Waals surface area (Å²) in [5.41, 5.74) is 1.80. The number of aliphatic imine (C=N–C) groups is 1. The molecule has 1 atom stereocenters. The maximum Gasteiger partial charge on any atom is 0.238 e. The van der Waals surface area contributed by atoms with E-state index in [-0.39, 0.29) is 18.2 Å². The largest absolute Gasteiger partial charge is 0.325 e. The lowest BCUT2D eigenvalue weighted by Gasteiger charge is -2.22. The van der Waals surface area contributed by atoms with Gasteiger partial charge >= 0.3 is 0 Å². The molecule has 110 valence electrons. The van der Waals surface area contributed by atoms with Gasteiger partial charge in [-0.2, -0.15) is 0 Å². The van der Waals surface area contributed by atoms with Crippen LogP contribution in [0.3, 0.4) is 0 Å². The fourth-order valence-electron chi connectivity index (χ4n) is 1.86. The molecule has 0 aromatic heterocycles. The van der Waals surface area contributed by atoms with E-state index in [0.29, 0.717) is 11.7 Å². The van der Waals surface area contributed by atoms with Crippen LogP contribution in [0.4, 0.5) is 5.69 Å². The molecular weight excluding hydrogens is 286 g/mol. The van der Waals surface area contributed by atoms with E-state index in [4.69, 9.17) is 0 Å². The summed E-state index contributed by atoms with van der Waals surface area (Å²) in [5.74, 6) is -0.382. The van der Waals surface area contributed by atoms with Gasteiger partial charge < -0.3 is 10.6 Å². The molecule has 1 aliphatic rings. The minimum Gasteiger partial charge on any atom is -0.325 e. The Hall–Kier alpha value is -2.08. The van der Waals surface area contributed by atoms with Gasteiger partial charge in [0.1, 0.15) is 5.25 Å². The summed E-state index contributed by atoms with van der Waals surface area (Å²) < 4.78 is 0. The van der Waals surface area contributed by atoms with Crippen molar-refractivity contribution >= 4 is 34.4 Å². The van der Waals surface area contributed by atoms with Crippen LogP contribution in [0.25, 0.3) is 0 Å². The predicted molar refractivity (Wildman–Crippen MR) is 86.4 cm³/mol. The summed E-state index contributed by atoms with van der Waals surface area (Å²) in [6.45, 7) is 5.94. The summed E-state index contributed by atoms with van der Waals surface area (Å²) in [6, 6.07) is 7.55. The average molecular weight is 303 g/mol. The Bertz CT molecular complexity index is 598. The van der Waals surface area contributed by atoms with Crippen molar-refractivity contribution < 1.29 is 9.59 Å². The van der Waals surface area contributed by atoms with Crippen LogP contribution < -0.4 is 10.6 Å². The van der Waals surface area contributed by atoms with Crippen LogP contribution in [0.5, 0.6) is 0 Å². The number of amidine groups is 1. The summed E-state index contributed by atoms with van der Waals surface area (Å²) >= 11 is 1.26. The van der Waals surface area contributed by atoms with E-state index in [0.717, 1.165) is 11.3 Å². The van der Waals surface area contributed by atoms with Gasteiger partial charge in [-0.1, -0.05) is 30.0 Å². The van der Waals surface area contributed by atoms with Crippen LogP contribution in [0.1, 0.15) is 12.0 Å². The predicted octanol–water partition coefficient (Wildman–Crippen LogP) is 2.10. The highest BCUT2D eigenvalue weighted by atomic mass is 32.2. The van der Waals surface area contributed by atoms with E-state index in [1.165, 1.54) is 11.8 Å². The molecule has 0 radical (unpaired) electrons. The molecule has 1 fully saturated rings. The zero-order valence-electron chi connectivity index (χ0n) is 11.8. The van der Waals surface area contributed by atoms with Crippen LogP contribution in [-0.4, -0.2) is 28.8 Å². The molecule has 6 heteroatoms. The van der Waals surface area contributed by atoms with Gasteiger partial charge in [0, 0.05) is 12.1 Å². The zero-order chi connectivity index (χ0) is 15.2. The molecule has 1 aliphatic heterocycles. The third-order valence-corrected chi connectivity index (χ3v) is 3.93. The molecule has 0 bridgehead atoms. The SMILES string of the molecule is C=CCN=C1NC(=O)C[C@H](C(=O)Nc2cccc(C)c2)S1. The van der Waals surface area contributed by atoms with Crippen molar-refractivity contribution in [1.29, 1.82) is 0 Å². The lowest BCUT2D eigenvalue weighted by atomic mass is 10.2. The molecule has 1 aromatic rings. The molecule has 2 N–H and O–H groups in total. The summed E-state index contributed by atoms with van der Waals surface area (Å²) in [7, 11) is 0. The van der Waals surface area contributed by atoms with E-state index in [9.17, 15) is 9.59 Å². The third-order valence-electron chi connectivity index (χ3n) is 2.81. The number of hydrogen-bond donors (Lipinski definition) is 2. The van der Waals surface area contributed by atoms with E-state index in [1.807, 2.05) is 31.2 Å². The second kappa shape index (κ2) is 7.08. The Morgan fingerprint density at radius 2 is 2.43 bits per heavy atom. The Morgan fingerprint density at radius 1 is 1.62 bits per heavy atom. The molecule has 5 nitrogen and oxygen atoms in total. The van der Waals surface area contributed by atoms with Crippen LogP contribution in [0.15, 0.2) is 41.9 Å². The number of carbonyl (C=O) groups is 2. The molecular formula is C15H17N3O2S. The maximum atomic E-state index is 12.3. The molecule has 0 aliphatic carbocycles. The van der Waals surface area contributed by atoms with E-state index >= 15 is 0 Å². The number of benzene rings is 1. The Balaban J connectivity index is 2.04. The van der Waals surface area contributed by atoms with E-state index in [2.05, 4.69) is 22.2 Å². The fourth-order valence-corrected chi connectivity index (χ4v) is 2.85. The Morgan fingerprint density at radius 3 is 3.14 bits per heavy atom. The quantitative estimate of drug-likeness (QED) is 0.837. The Kier molecular flexibility index (Phi) is 5.16. The van der Waals surface area contributed by atoms with E-state index in [1.54, 1.807) is 6.08 Å². The fraction of sp³-hybridized carbons (Fsp3) is 0.267. The maximum absolute atomic E-state index is 12.3. The molecule has 1 aromatic carbocycles. The summed E-state index contributed by atoms with van der Waals surface area (Å²) in [6.07, 6.45) is 1.78. The number of thioether (sulfide) groups is 1. The van der Waals surface area contributed by atoms with Crippen LogP contribution >= 0.6 is 11.8 Å². The number of anilines is 1. The monoisotopic (exact) mass is 303 g/mol. The van der Waals surface area contributed by atoms with Crippen molar-refractivity contribution in [3.8, 4) is 0 Å². The van der Waals surface area contributed by atoms with Crippen LogP contribution in [-0.2, 0) is 9.59 Å². The van der Waals surface area contributed by atoms with Crippen molar-refractivity contribution in [2.75, 3.05) is 11.9 Å². The lowest BCUT2D eigenvalue weighted by Crippen LogP contribution is -2.42. The van der Waals surface area contributed by atoms with Gasteiger partial charge in [0.05, 0.1) is 6.54 Å². The van der Waals surface area contributed by atoms with Crippen molar-refractivity contribution in [1.82, 2.24) is 5.32 Å². The Labute approximate surface area is 127 Å². The number of carbonyl (C=O) groups excluding carboxylic acids is 2. The van der Waals surface area contributed by atoms with Crippen molar-refractivity contribution in [3.63, 3.8) is 0 Å². The topological polar surface area (TPSA) is 70.6 Å². The molecule has 2 rings (SSSR count). The van der Waals surface area contributed by atoms with Gasteiger partial charge in [0.15, 0.2) is 5.17 Å².